The van der Waals surface area contributed by atoms with E-state index in [-0.39, 0.29) is 11.3 Å². The number of nitrogens with two attached hydrogens (primary N) is 1. The van der Waals surface area contributed by atoms with Crippen molar-refractivity contribution in [1.29, 1.82) is 0 Å². The number of anilines is 1. The molecule has 6 heteroatoms. The van der Waals surface area contributed by atoms with Crippen molar-refractivity contribution < 1.29 is 18.0 Å². The van der Waals surface area contributed by atoms with E-state index in [4.69, 9.17) is 5.73 Å². The van der Waals surface area contributed by atoms with E-state index in [1.165, 1.54) is 18.2 Å². The standard InChI is InChI=1S/C15H13F3N2O/c1-8(9-2-5-12(16)14(18)6-9)20-15(21)11-4-3-10(19)7-13(11)17/h2-8H,19H2,1H3,(H,20,21). The van der Waals surface area contributed by atoms with Crippen molar-refractivity contribution >= 4 is 11.6 Å². The van der Waals surface area contributed by atoms with Gasteiger partial charge in [-0.3, -0.25) is 4.79 Å². The van der Waals surface area contributed by atoms with E-state index in [0.717, 1.165) is 18.2 Å². The Bertz CT molecular complexity index is 689. The lowest BCUT2D eigenvalue weighted by molar-refractivity contribution is 0.0936. The van der Waals surface area contributed by atoms with Crippen molar-refractivity contribution in [3.05, 3.63) is 65.0 Å². The first-order chi connectivity index (χ1) is 9.88. The first kappa shape index (κ1) is 14.9. The van der Waals surface area contributed by atoms with Crippen LogP contribution in [-0.2, 0) is 0 Å². The maximum absolute atomic E-state index is 13.6. The van der Waals surface area contributed by atoms with Gasteiger partial charge in [0, 0.05) is 5.69 Å². The summed E-state index contributed by atoms with van der Waals surface area (Å²) in [7, 11) is 0. The Kier molecular flexibility index (Phi) is 4.16. The Balaban J connectivity index is 2.16. The lowest BCUT2D eigenvalue weighted by Crippen LogP contribution is -2.27. The molecule has 0 aromatic heterocycles. The monoisotopic (exact) mass is 294 g/mol. The predicted molar refractivity (Wildman–Crippen MR) is 73.1 cm³/mol. The van der Waals surface area contributed by atoms with Crippen LogP contribution in [0.3, 0.4) is 0 Å². The smallest absolute Gasteiger partial charge is 0.254 e. The minimum atomic E-state index is -1.01. The van der Waals surface area contributed by atoms with Gasteiger partial charge in [0.25, 0.3) is 5.91 Å². The Morgan fingerprint density at radius 1 is 1.05 bits per heavy atom. The summed E-state index contributed by atoms with van der Waals surface area (Å²) in [5.41, 5.74) is 5.81. The van der Waals surface area contributed by atoms with Crippen LogP contribution in [0, 0.1) is 17.5 Å². The summed E-state index contributed by atoms with van der Waals surface area (Å²) in [6.45, 7) is 1.58. The molecule has 0 radical (unpaired) electrons. The van der Waals surface area contributed by atoms with Crippen LogP contribution in [0.15, 0.2) is 36.4 Å². The SMILES string of the molecule is CC(NC(=O)c1ccc(N)cc1F)c1ccc(F)c(F)c1. The molecule has 0 saturated heterocycles. The fourth-order valence-electron chi connectivity index (χ4n) is 1.85. The summed E-state index contributed by atoms with van der Waals surface area (Å²) in [4.78, 5) is 12.0. The van der Waals surface area contributed by atoms with Gasteiger partial charge < -0.3 is 11.1 Å². The van der Waals surface area contributed by atoms with E-state index in [2.05, 4.69) is 5.32 Å². The molecular formula is C15H13F3N2O. The van der Waals surface area contributed by atoms with Gasteiger partial charge in [-0.2, -0.15) is 0 Å². The van der Waals surface area contributed by atoms with E-state index in [9.17, 15) is 18.0 Å². The highest BCUT2D eigenvalue weighted by atomic mass is 19.2. The number of carbonyl (C=O) groups excluding carboxylic acids is 1. The maximum atomic E-state index is 13.6. The lowest BCUT2D eigenvalue weighted by Gasteiger charge is -2.15. The van der Waals surface area contributed by atoms with Gasteiger partial charge >= 0.3 is 0 Å². The number of hydrogen-bond donors (Lipinski definition) is 2. The van der Waals surface area contributed by atoms with Crippen LogP contribution in [0.5, 0.6) is 0 Å². The molecule has 0 aliphatic heterocycles. The largest absolute Gasteiger partial charge is 0.399 e. The second-order valence-electron chi connectivity index (χ2n) is 4.61. The van der Waals surface area contributed by atoms with Gasteiger partial charge in [0.15, 0.2) is 11.6 Å². The third-order valence-electron chi connectivity index (χ3n) is 3.03. The van der Waals surface area contributed by atoms with E-state index >= 15 is 0 Å². The number of nitrogen functional groups attached to an aromatic ring is 1. The summed E-state index contributed by atoms with van der Waals surface area (Å²) in [6, 6.07) is 6.40. The molecule has 21 heavy (non-hydrogen) atoms. The Morgan fingerprint density at radius 3 is 2.38 bits per heavy atom. The van der Waals surface area contributed by atoms with Gasteiger partial charge in [0.05, 0.1) is 11.6 Å². The van der Waals surface area contributed by atoms with Crippen molar-refractivity contribution in [1.82, 2.24) is 5.32 Å². The van der Waals surface area contributed by atoms with Gasteiger partial charge in [0.2, 0.25) is 0 Å². The zero-order valence-electron chi connectivity index (χ0n) is 11.2. The van der Waals surface area contributed by atoms with Crippen molar-refractivity contribution in [3.63, 3.8) is 0 Å². The number of hydrogen-bond acceptors (Lipinski definition) is 2. The number of halogens is 3. The summed E-state index contributed by atoms with van der Waals surface area (Å²) in [5, 5.41) is 2.51. The number of carbonyl (C=O) groups is 1. The molecule has 0 aliphatic carbocycles. The van der Waals surface area contributed by atoms with Crippen molar-refractivity contribution in [2.75, 3.05) is 5.73 Å². The molecule has 0 saturated carbocycles. The van der Waals surface area contributed by atoms with Gasteiger partial charge in [-0.25, -0.2) is 13.2 Å². The van der Waals surface area contributed by atoms with Crippen LogP contribution in [0.1, 0.15) is 28.9 Å². The minimum absolute atomic E-state index is 0.168. The third kappa shape index (κ3) is 3.34. The quantitative estimate of drug-likeness (QED) is 0.854. The van der Waals surface area contributed by atoms with E-state index < -0.39 is 29.4 Å². The molecular weight excluding hydrogens is 281 g/mol. The van der Waals surface area contributed by atoms with Crippen molar-refractivity contribution in [3.8, 4) is 0 Å². The normalized spacial score (nSPS) is 12.0. The first-order valence-corrected chi connectivity index (χ1v) is 6.19. The fourth-order valence-corrected chi connectivity index (χ4v) is 1.85. The summed E-state index contributed by atoms with van der Waals surface area (Å²) >= 11 is 0. The van der Waals surface area contributed by atoms with E-state index in [1.54, 1.807) is 6.92 Å². The second-order valence-corrected chi connectivity index (χ2v) is 4.61. The Morgan fingerprint density at radius 2 is 1.76 bits per heavy atom. The highest BCUT2D eigenvalue weighted by Gasteiger charge is 2.16. The van der Waals surface area contributed by atoms with Gasteiger partial charge in [-0.05, 0) is 42.8 Å². The van der Waals surface area contributed by atoms with Crippen LogP contribution < -0.4 is 11.1 Å². The molecule has 0 spiro atoms. The fraction of sp³-hybridized carbons (Fsp3) is 0.133. The third-order valence-corrected chi connectivity index (χ3v) is 3.03. The number of amides is 1. The maximum Gasteiger partial charge on any atom is 0.254 e. The predicted octanol–water partition coefficient (Wildman–Crippen LogP) is 3.18. The highest BCUT2D eigenvalue weighted by Crippen LogP contribution is 2.18. The van der Waals surface area contributed by atoms with Gasteiger partial charge in [0.1, 0.15) is 5.82 Å². The molecule has 110 valence electrons. The summed E-state index contributed by atoms with van der Waals surface area (Å²) < 4.78 is 39.6. The lowest BCUT2D eigenvalue weighted by atomic mass is 10.1. The summed E-state index contributed by atoms with van der Waals surface area (Å²) in [5.74, 6) is -3.39. The van der Waals surface area contributed by atoms with Crippen molar-refractivity contribution in [2.24, 2.45) is 0 Å². The molecule has 2 rings (SSSR count). The van der Waals surface area contributed by atoms with E-state index in [0.29, 0.717) is 5.56 Å². The molecule has 0 fully saturated rings. The Labute approximate surface area is 119 Å². The highest BCUT2D eigenvalue weighted by molar-refractivity contribution is 5.95. The molecule has 0 bridgehead atoms. The molecule has 3 nitrogen and oxygen atoms in total. The average molecular weight is 294 g/mol. The molecule has 1 atom stereocenters. The molecule has 0 heterocycles. The zero-order chi connectivity index (χ0) is 15.6. The van der Waals surface area contributed by atoms with Crippen LogP contribution in [0.2, 0.25) is 0 Å². The molecule has 1 unspecified atom stereocenters. The van der Waals surface area contributed by atoms with Gasteiger partial charge in [-0.1, -0.05) is 6.07 Å². The van der Waals surface area contributed by atoms with Crippen LogP contribution >= 0.6 is 0 Å². The molecule has 2 aromatic carbocycles. The van der Waals surface area contributed by atoms with Gasteiger partial charge in [-0.15, -0.1) is 0 Å². The molecule has 3 N–H and O–H groups in total. The topological polar surface area (TPSA) is 55.1 Å². The van der Waals surface area contributed by atoms with E-state index in [1.807, 2.05) is 0 Å². The molecule has 1 amide bonds. The Hall–Kier alpha value is -2.50. The average Bonchev–Trinajstić information content (AvgIpc) is 2.41. The first-order valence-electron chi connectivity index (χ1n) is 6.19. The zero-order valence-corrected chi connectivity index (χ0v) is 11.2. The minimum Gasteiger partial charge on any atom is -0.399 e. The van der Waals surface area contributed by atoms with Crippen LogP contribution in [0.4, 0.5) is 18.9 Å². The molecule has 0 aliphatic rings. The number of benzene rings is 2. The van der Waals surface area contributed by atoms with Crippen LogP contribution in [-0.4, -0.2) is 5.91 Å². The van der Waals surface area contributed by atoms with Crippen LogP contribution in [0.25, 0.3) is 0 Å². The second kappa shape index (κ2) is 5.87. The number of rotatable bonds is 3. The van der Waals surface area contributed by atoms with Crippen molar-refractivity contribution in [2.45, 2.75) is 13.0 Å². The molecule has 2 aromatic rings. The summed E-state index contributed by atoms with van der Waals surface area (Å²) in [6.07, 6.45) is 0. The number of nitrogens with one attached hydrogen (secondary N) is 1.